The van der Waals surface area contributed by atoms with Crippen molar-refractivity contribution < 1.29 is 23.1 Å². The molecule has 2 rings (SSSR count). The third kappa shape index (κ3) is 4.34. The Hall–Kier alpha value is -2.31. The molecule has 0 aromatic heterocycles. The molecular weight excluding hydrogens is 309 g/mol. The fourth-order valence-electron chi connectivity index (χ4n) is 2.37. The highest BCUT2D eigenvalue weighted by molar-refractivity contribution is 6.07. The maximum absolute atomic E-state index is 12.3. The summed E-state index contributed by atoms with van der Waals surface area (Å²) in [6.45, 7) is 1.41. The van der Waals surface area contributed by atoms with Crippen molar-refractivity contribution in [3.63, 3.8) is 0 Å². The van der Waals surface area contributed by atoms with E-state index in [4.69, 9.17) is 10.5 Å². The molecule has 1 aromatic carbocycles. The average Bonchev–Trinajstić information content (AvgIpc) is 2.54. The first-order valence-electron chi connectivity index (χ1n) is 7.25. The fourth-order valence-corrected chi connectivity index (χ4v) is 2.37. The summed E-state index contributed by atoms with van der Waals surface area (Å²) in [4.78, 5) is 14.0. The van der Waals surface area contributed by atoms with E-state index in [1.165, 1.54) is 24.3 Å². The summed E-state index contributed by atoms with van der Waals surface area (Å²) < 4.78 is 36.7. The predicted octanol–water partition coefficient (Wildman–Crippen LogP) is 3.68. The molecule has 0 bridgehead atoms. The van der Waals surface area contributed by atoms with Crippen molar-refractivity contribution in [1.29, 1.82) is 5.41 Å². The second kappa shape index (κ2) is 6.85. The number of nitrogens with one attached hydrogen (secondary N) is 1. The molecule has 0 atom stereocenters. The Balaban J connectivity index is 2.10. The van der Waals surface area contributed by atoms with Crippen molar-refractivity contribution in [2.45, 2.75) is 25.4 Å². The van der Waals surface area contributed by atoms with E-state index in [2.05, 4.69) is 0 Å². The van der Waals surface area contributed by atoms with Gasteiger partial charge in [-0.1, -0.05) is 12.1 Å². The number of carbonyl (C=O) groups excluding carboxylic acids is 1. The van der Waals surface area contributed by atoms with Crippen LogP contribution in [0.1, 0.15) is 35.2 Å². The number of aliphatic hydroxyl groups excluding tert-OH is 1. The van der Waals surface area contributed by atoms with Crippen molar-refractivity contribution in [2.24, 2.45) is 0 Å². The van der Waals surface area contributed by atoms with Crippen LogP contribution in [-0.4, -0.2) is 40.9 Å². The molecular formula is C16H17F3N2O2. The van der Waals surface area contributed by atoms with Gasteiger partial charge in [0.05, 0.1) is 5.71 Å². The minimum Gasteiger partial charge on any atom is -0.504 e. The zero-order valence-electron chi connectivity index (χ0n) is 12.4. The average molecular weight is 326 g/mol. The third-order valence-corrected chi connectivity index (χ3v) is 3.66. The van der Waals surface area contributed by atoms with E-state index in [9.17, 15) is 18.0 Å². The second-order valence-corrected chi connectivity index (χ2v) is 5.37. The minimum atomic E-state index is -4.88. The summed E-state index contributed by atoms with van der Waals surface area (Å²) in [5.74, 6) is -1.94. The predicted molar refractivity (Wildman–Crippen MR) is 79.8 cm³/mol. The van der Waals surface area contributed by atoms with E-state index in [0.717, 1.165) is 19.3 Å². The van der Waals surface area contributed by atoms with E-state index < -0.39 is 17.6 Å². The summed E-state index contributed by atoms with van der Waals surface area (Å²) in [5, 5.41) is 16.4. The molecule has 1 aliphatic rings. The van der Waals surface area contributed by atoms with Crippen LogP contribution >= 0.6 is 0 Å². The molecule has 0 radical (unpaired) electrons. The van der Waals surface area contributed by atoms with Gasteiger partial charge < -0.3 is 15.4 Å². The second-order valence-electron chi connectivity index (χ2n) is 5.37. The number of rotatable bonds is 3. The lowest BCUT2D eigenvalue weighted by Crippen LogP contribution is -2.35. The van der Waals surface area contributed by atoms with Gasteiger partial charge in [-0.05, 0) is 37.0 Å². The van der Waals surface area contributed by atoms with Crippen molar-refractivity contribution in [3.05, 3.63) is 47.2 Å². The first-order valence-corrected chi connectivity index (χ1v) is 7.25. The normalized spacial score (nSPS) is 16.3. The fraction of sp³-hybridized carbons (Fsp3) is 0.375. The number of piperidine rings is 1. The van der Waals surface area contributed by atoms with Crippen LogP contribution in [-0.2, 0) is 0 Å². The molecule has 23 heavy (non-hydrogen) atoms. The van der Waals surface area contributed by atoms with Crippen LogP contribution in [0.25, 0.3) is 0 Å². The molecule has 4 nitrogen and oxygen atoms in total. The topological polar surface area (TPSA) is 64.4 Å². The molecule has 1 saturated heterocycles. The van der Waals surface area contributed by atoms with Crippen LogP contribution in [0.3, 0.4) is 0 Å². The van der Waals surface area contributed by atoms with E-state index in [1.807, 2.05) is 0 Å². The van der Waals surface area contributed by atoms with Gasteiger partial charge in [0.2, 0.25) is 0 Å². The molecule has 1 fully saturated rings. The van der Waals surface area contributed by atoms with Crippen LogP contribution < -0.4 is 0 Å². The highest BCUT2D eigenvalue weighted by Crippen LogP contribution is 2.23. The van der Waals surface area contributed by atoms with Gasteiger partial charge in [0.15, 0.2) is 5.76 Å². The van der Waals surface area contributed by atoms with Crippen molar-refractivity contribution in [1.82, 2.24) is 4.90 Å². The highest BCUT2D eigenvalue weighted by atomic mass is 19.4. The molecule has 0 spiro atoms. The maximum atomic E-state index is 12.3. The lowest BCUT2D eigenvalue weighted by atomic mass is 10.0. The van der Waals surface area contributed by atoms with Crippen LogP contribution in [0.5, 0.6) is 0 Å². The van der Waals surface area contributed by atoms with Gasteiger partial charge >= 0.3 is 6.18 Å². The van der Waals surface area contributed by atoms with Crippen molar-refractivity contribution >= 4 is 11.6 Å². The van der Waals surface area contributed by atoms with E-state index >= 15 is 0 Å². The molecule has 0 unspecified atom stereocenters. The molecule has 1 aromatic rings. The zero-order valence-corrected chi connectivity index (χ0v) is 12.4. The molecule has 0 saturated carbocycles. The molecule has 1 aliphatic heterocycles. The Morgan fingerprint density at radius 2 is 1.61 bits per heavy atom. The zero-order chi connectivity index (χ0) is 17.0. The molecule has 7 heteroatoms. The van der Waals surface area contributed by atoms with Gasteiger partial charge in [0, 0.05) is 24.7 Å². The van der Waals surface area contributed by atoms with Gasteiger partial charge in [-0.2, -0.15) is 13.2 Å². The number of amides is 1. The van der Waals surface area contributed by atoms with Crippen molar-refractivity contribution in [2.75, 3.05) is 13.1 Å². The first-order chi connectivity index (χ1) is 10.8. The Bertz CT molecular complexity index is 615. The molecule has 2 N–H and O–H groups in total. The number of likely N-dealkylation sites (tertiary alicyclic amines) is 1. The number of hydrogen-bond acceptors (Lipinski definition) is 3. The number of alkyl halides is 3. The molecule has 124 valence electrons. The Labute approximate surface area is 131 Å². The lowest BCUT2D eigenvalue weighted by molar-refractivity contribution is -0.120. The van der Waals surface area contributed by atoms with E-state index in [1.54, 1.807) is 4.90 Å². The summed E-state index contributed by atoms with van der Waals surface area (Å²) in [6.07, 6.45) is -1.49. The Morgan fingerprint density at radius 3 is 2.13 bits per heavy atom. The highest BCUT2D eigenvalue weighted by Gasteiger charge is 2.34. The lowest BCUT2D eigenvalue weighted by Gasteiger charge is -2.26. The number of allylic oxidation sites excluding steroid dienone is 2. The summed E-state index contributed by atoms with van der Waals surface area (Å²) in [7, 11) is 0. The number of benzene rings is 1. The quantitative estimate of drug-likeness (QED) is 0.657. The maximum Gasteiger partial charge on any atom is 0.448 e. The SMILES string of the molecule is N=C(/C=C(\O)C(F)(F)F)c1ccc(C(=O)N2CCCCC2)cc1. The van der Waals surface area contributed by atoms with Crippen LogP contribution in [0.15, 0.2) is 36.1 Å². The number of halogens is 3. The van der Waals surface area contributed by atoms with Crippen LogP contribution in [0, 0.1) is 5.41 Å². The monoisotopic (exact) mass is 326 g/mol. The summed E-state index contributed by atoms with van der Waals surface area (Å²) in [6, 6.07) is 5.78. The molecule has 1 heterocycles. The van der Waals surface area contributed by atoms with Gasteiger partial charge in [-0.3, -0.25) is 4.79 Å². The number of hydrogen-bond donors (Lipinski definition) is 2. The van der Waals surface area contributed by atoms with Crippen LogP contribution in [0.4, 0.5) is 13.2 Å². The number of aliphatic hydroxyl groups is 1. The smallest absolute Gasteiger partial charge is 0.448 e. The Morgan fingerprint density at radius 1 is 1.09 bits per heavy atom. The van der Waals surface area contributed by atoms with E-state index in [-0.39, 0.29) is 11.5 Å². The molecule has 0 aliphatic carbocycles. The minimum absolute atomic E-state index is 0.114. The standard InChI is InChI=1S/C16H17F3N2O2/c17-16(18,19)14(22)10-13(20)11-4-6-12(7-5-11)15(23)21-8-2-1-3-9-21/h4-7,10,20,22H,1-3,8-9H2/b14-10-,20-13?. The van der Waals surface area contributed by atoms with Crippen molar-refractivity contribution in [3.8, 4) is 0 Å². The molecule has 1 amide bonds. The van der Waals surface area contributed by atoms with Crippen LogP contribution in [0.2, 0.25) is 0 Å². The first kappa shape index (κ1) is 17.1. The summed E-state index contributed by atoms with van der Waals surface area (Å²) >= 11 is 0. The number of nitrogens with zero attached hydrogens (tertiary/aromatic N) is 1. The largest absolute Gasteiger partial charge is 0.504 e. The Kier molecular flexibility index (Phi) is 5.08. The van der Waals surface area contributed by atoms with Gasteiger partial charge in [0.25, 0.3) is 5.91 Å². The van der Waals surface area contributed by atoms with Gasteiger partial charge in [-0.25, -0.2) is 0 Å². The third-order valence-electron chi connectivity index (χ3n) is 3.66. The number of carbonyl (C=O) groups is 1. The summed E-state index contributed by atoms with van der Waals surface area (Å²) in [5.41, 5.74) is 0.153. The van der Waals surface area contributed by atoms with Gasteiger partial charge in [-0.15, -0.1) is 0 Å². The van der Waals surface area contributed by atoms with Gasteiger partial charge in [0.1, 0.15) is 0 Å². The van der Waals surface area contributed by atoms with E-state index in [0.29, 0.717) is 24.7 Å².